The summed E-state index contributed by atoms with van der Waals surface area (Å²) in [6, 6.07) is 16.1. The van der Waals surface area contributed by atoms with Crippen molar-refractivity contribution >= 4 is 29.5 Å². The molecule has 2 aliphatic rings. The molecule has 4 N–H and O–H groups in total. The zero-order valence-corrected chi connectivity index (χ0v) is 26.8. The maximum absolute atomic E-state index is 13.9. The number of carbonyl (C=O) groups is 4. The summed E-state index contributed by atoms with van der Waals surface area (Å²) < 4.78 is 29.2. The molecular formula is C34H41F2N7O5. The molecule has 0 spiro atoms. The van der Waals surface area contributed by atoms with Gasteiger partial charge in [0.2, 0.25) is 17.7 Å². The number of anilines is 1. The first-order valence-corrected chi connectivity index (χ1v) is 16.1. The number of halogens is 2. The second-order valence-electron chi connectivity index (χ2n) is 12.5. The lowest BCUT2D eigenvalue weighted by molar-refractivity contribution is -0.135. The molecule has 12 nitrogen and oxygen atoms in total. The van der Waals surface area contributed by atoms with E-state index in [0.29, 0.717) is 37.4 Å². The van der Waals surface area contributed by atoms with Crippen molar-refractivity contribution in [3.8, 4) is 0 Å². The number of hydrogen-bond donors (Lipinski definition) is 4. The van der Waals surface area contributed by atoms with Gasteiger partial charge in [0.1, 0.15) is 17.8 Å². The van der Waals surface area contributed by atoms with Gasteiger partial charge in [0, 0.05) is 70.9 Å². The summed E-state index contributed by atoms with van der Waals surface area (Å²) in [6.07, 6.45) is -0.350. The number of nitrogens with zero attached hydrogens (tertiary/aromatic N) is 4. The number of amides is 4. The topological polar surface area (TPSA) is 149 Å². The predicted octanol–water partition coefficient (Wildman–Crippen LogP) is 3.51. The minimum atomic E-state index is -2.80. The summed E-state index contributed by atoms with van der Waals surface area (Å²) in [5.41, 5.74) is 2.48. The Morgan fingerprint density at radius 3 is 2.19 bits per heavy atom. The first kappa shape index (κ1) is 34.5. The van der Waals surface area contributed by atoms with E-state index in [1.807, 2.05) is 18.2 Å². The molecule has 1 aromatic heterocycles. The smallest absolute Gasteiger partial charge is 0.405 e. The van der Waals surface area contributed by atoms with Crippen LogP contribution in [0.3, 0.4) is 0 Å². The fourth-order valence-electron chi connectivity index (χ4n) is 6.32. The summed E-state index contributed by atoms with van der Waals surface area (Å²) >= 11 is 0. The van der Waals surface area contributed by atoms with Crippen LogP contribution in [0.1, 0.15) is 47.3 Å². The third-order valence-electron chi connectivity index (χ3n) is 9.05. The van der Waals surface area contributed by atoms with Gasteiger partial charge < -0.3 is 26.0 Å². The van der Waals surface area contributed by atoms with Crippen molar-refractivity contribution in [1.29, 1.82) is 0 Å². The standard InChI is InChI=1S/C34H41F2N7O5/c1-41-28(13-16-37-41)30(44)40-29(25-11-14-34(35,36)15-12-25)31(45)38-26-9-7-23(8-10-26)21-27(39-33(47)48)32(46)43-19-17-42(18-20-43)22-24-5-3-2-4-6-24/h2-10,13,16,25,27,29,39H,11-12,14-15,17-22H2,1H3,(H,38,45)(H,40,44)(H,47,48). The van der Waals surface area contributed by atoms with Gasteiger partial charge in [-0.15, -0.1) is 0 Å². The van der Waals surface area contributed by atoms with Gasteiger partial charge in [-0.1, -0.05) is 42.5 Å². The molecule has 48 heavy (non-hydrogen) atoms. The third-order valence-corrected chi connectivity index (χ3v) is 9.05. The molecule has 2 heterocycles. The Morgan fingerprint density at radius 2 is 1.58 bits per heavy atom. The van der Waals surface area contributed by atoms with Gasteiger partial charge in [0.05, 0.1) is 0 Å². The van der Waals surface area contributed by atoms with Crippen LogP contribution in [0.2, 0.25) is 0 Å². The zero-order valence-electron chi connectivity index (χ0n) is 26.8. The van der Waals surface area contributed by atoms with Gasteiger partial charge in [-0.3, -0.25) is 24.0 Å². The molecule has 1 saturated heterocycles. The highest BCUT2D eigenvalue weighted by molar-refractivity contribution is 6.00. The molecule has 2 fully saturated rings. The number of piperazine rings is 1. The van der Waals surface area contributed by atoms with Gasteiger partial charge in [-0.05, 0) is 48.1 Å². The minimum Gasteiger partial charge on any atom is -0.465 e. The van der Waals surface area contributed by atoms with E-state index in [-0.39, 0.29) is 43.7 Å². The lowest BCUT2D eigenvalue weighted by atomic mass is 9.81. The Bertz CT molecular complexity index is 1570. The van der Waals surface area contributed by atoms with Crippen molar-refractivity contribution in [3.05, 3.63) is 83.7 Å². The number of nitrogens with one attached hydrogen (secondary N) is 3. The maximum Gasteiger partial charge on any atom is 0.405 e. The molecule has 2 unspecified atom stereocenters. The Labute approximate surface area is 277 Å². The van der Waals surface area contributed by atoms with Gasteiger partial charge >= 0.3 is 6.09 Å². The van der Waals surface area contributed by atoms with Crippen LogP contribution in [0, 0.1) is 5.92 Å². The second-order valence-corrected chi connectivity index (χ2v) is 12.5. The normalized spacial score (nSPS) is 18.0. The largest absolute Gasteiger partial charge is 0.465 e. The van der Waals surface area contributed by atoms with E-state index in [1.54, 1.807) is 36.2 Å². The highest BCUT2D eigenvalue weighted by atomic mass is 19.3. The summed E-state index contributed by atoms with van der Waals surface area (Å²) in [4.78, 5) is 55.4. The molecular weight excluding hydrogens is 624 g/mol. The number of alkyl halides is 2. The molecule has 1 aliphatic carbocycles. The van der Waals surface area contributed by atoms with E-state index < -0.39 is 41.8 Å². The Balaban J connectivity index is 1.20. The van der Waals surface area contributed by atoms with Gasteiger partial charge in [0.15, 0.2) is 0 Å². The molecule has 5 rings (SSSR count). The summed E-state index contributed by atoms with van der Waals surface area (Å²) in [5.74, 6) is -4.68. The van der Waals surface area contributed by atoms with Crippen molar-refractivity contribution in [2.75, 3.05) is 31.5 Å². The first-order valence-electron chi connectivity index (χ1n) is 16.1. The lowest BCUT2D eigenvalue weighted by Crippen LogP contribution is -2.55. The van der Waals surface area contributed by atoms with Crippen LogP contribution < -0.4 is 16.0 Å². The monoisotopic (exact) mass is 665 g/mol. The number of rotatable bonds is 11. The first-order chi connectivity index (χ1) is 23.0. The Morgan fingerprint density at radius 1 is 0.917 bits per heavy atom. The molecule has 4 amide bonds. The van der Waals surface area contributed by atoms with Crippen LogP contribution in [0.15, 0.2) is 66.9 Å². The van der Waals surface area contributed by atoms with Gasteiger partial charge in [-0.25, -0.2) is 13.6 Å². The quantitative estimate of drug-likeness (QED) is 0.245. The van der Waals surface area contributed by atoms with Crippen LogP contribution in [-0.2, 0) is 29.6 Å². The molecule has 0 bridgehead atoms. The number of hydrogen-bond acceptors (Lipinski definition) is 6. The summed E-state index contributed by atoms with van der Waals surface area (Å²) in [7, 11) is 1.59. The highest BCUT2D eigenvalue weighted by Crippen LogP contribution is 2.37. The summed E-state index contributed by atoms with van der Waals surface area (Å²) in [6.45, 7) is 3.07. The fourth-order valence-corrected chi connectivity index (χ4v) is 6.32. The van der Waals surface area contributed by atoms with Crippen molar-refractivity contribution in [1.82, 2.24) is 30.2 Å². The molecule has 1 aliphatic heterocycles. The molecule has 256 valence electrons. The minimum absolute atomic E-state index is 0.0732. The van der Waals surface area contributed by atoms with Crippen LogP contribution in [0.5, 0.6) is 0 Å². The van der Waals surface area contributed by atoms with Crippen molar-refractivity contribution in [2.45, 2.75) is 56.7 Å². The van der Waals surface area contributed by atoms with E-state index in [4.69, 9.17) is 0 Å². The average molecular weight is 666 g/mol. The Hall–Kier alpha value is -4.85. The lowest BCUT2D eigenvalue weighted by Gasteiger charge is -2.36. The highest BCUT2D eigenvalue weighted by Gasteiger charge is 2.40. The number of aryl methyl sites for hydroxylation is 1. The molecule has 0 radical (unpaired) electrons. The van der Waals surface area contributed by atoms with Crippen molar-refractivity contribution in [3.63, 3.8) is 0 Å². The third kappa shape index (κ3) is 9.15. The van der Waals surface area contributed by atoms with E-state index in [0.717, 1.165) is 6.54 Å². The van der Waals surface area contributed by atoms with E-state index in [1.165, 1.54) is 22.5 Å². The molecule has 1 saturated carbocycles. The van der Waals surface area contributed by atoms with E-state index in [9.17, 15) is 33.1 Å². The van der Waals surface area contributed by atoms with Crippen molar-refractivity contribution < 1.29 is 33.1 Å². The van der Waals surface area contributed by atoms with E-state index >= 15 is 0 Å². The van der Waals surface area contributed by atoms with Crippen LogP contribution in [0.4, 0.5) is 19.3 Å². The second kappa shape index (κ2) is 15.4. The molecule has 2 atom stereocenters. The van der Waals surface area contributed by atoms with Crippen LogP contribution in [0.25, 0.3) is 0 Å². The van der Waals surface area contributed by atoms with Gasteiger partial charge in [0.25, 0.3) is 5.91 Å². The average Bonchev–Trinajstić information content (AvgIpc) is 3.50. The predicted molar refractivity (Wildman–Crippen MR) is 173 cm³/mol. The maximum atomic E-state index is 13.9. The number of carbonyl (C=O) groups excluding carboxylic acids is 3. The number of aromatic nitrogens is 2. The summed E-state index contributed by atoms with van der Waals surface area (Å²) in [5, 5.41) is 21.3. The number of benzene rings is 2. The SMILES string of the molecule is Cn1nccc1C(=O)NC(C(=O)Nc1ccc(CC(NC(=O)O)C(=O)N2CCN(Cc3ccccc3)CC2)cc1)C1CCC(F)(F)CC1. The fraction of sp³-hybridized carbons (Fsp3) is 0.441. The van der Waals surface area contributed by atoms with Gasteiger partial charge in [-0.2, -0.15) is 5.10 Å². The Kier molecular flexibility index (Phi) is 11.0. The molecule has 3 aromatic rings. The zero-order chi connectivity index (χ0) is 34.3. The number of carboxylic acid groups (broad SMARTS) is 1. The van der Waals surface area contributed by atoms with Crippen molar-refractivity contribution in [2.24, 2.45) is 13.0 Å². The van der Waals surface area contributed by atoms with Crippen LogP contribution in [-0.4, -0.2) is 92.7 Å². The van der Waals surface area contributed by atoms with Crippen LogP contribution >= 0.6 is 0 Å². The van der Waals surface area contributed by atoms with E-state index in [2.05, 4.69) is 38.1 Å². The molecule has 2 aromatic carbocycles. The molecule has 14 heteroatoms.